The lowest BCUT2D eigenvalue weighted by atomic mass is 10.2. The predicted octanol–water partition coefficient (Wildman–Crippen LogP) is 8.73. The third kappa shape index (κ3) is 7.38. The number of nitrogens with zero attached hydrogens (tertiary/aromatic N) is 3. The Hall–Kier alpha value is -4.22. The minimum atomic E-state index is 1.02. The second-order valence-electron chi connectivity index (χ2n) is 8.24. The molecule has 37 heavy (non-hydrogen) atoms. The largest absolute Gasteiger partial charge is 0.388 e. The summed E-state index contributed by atoms with van der Waals surface area (Å²) in [6.07, 6.45) is 3.72. The number of hydrogen-bond acceptors (Lipinski definition) is 4. The Morgan fingerprint density at radius 2 is 1.11 bits per heavy atom. The van der Waals surface area contributed by atoms with E-state index in [4.69, 9.17) is 0 Å². The molecule has 0 radical (unpaired) electrons. The van der Waals surface area contributed by atoms with Gasteiger partial charge in [0.05, 0.1) is 22.9 Å². The molecule has 184 valence electrons. The number of halogens is 1. The average molecular weight is 550 g/mol. The van der Waals surface area contributed by atoms with E-state index in [0.717, 1.165) is 38.0 Å². The second kappa shape index (κ2) is 13.2. The molecule has 6 rings (SSSR count). The highest BCUT2D eigenvalue weighted by molar-refractivity contribution is 9.10. The normalized spacial score (nSPS) is 10.0. The molecule has 0 amide bonds. The topological polar surface area (TPSA) is 41.1 Å². The monoisotopic (exact) mass is 548 g/mol. The number of hydrogen-bond donors (Lipinski definition) is 1. The lowest BCUT2D eigenvalue weighted by Gasteiger charge is -2.19. The summed E-state index contributed by atoms with van der Waals surface area (Å²) in [5, 5.41) is 5.36. The van der Waals surface area contributed by atoms with Crippen molar-refractivity contribution in [2.24, 2.45) is 0 Å². The van der Waals surface area contributed by atoms with Crippen LogP contribution in [-0.2, 0) is 0 Å². The molecule has 6 aromatic rings. The van der Waals surface area contributed by atoms with Crippen LogP contribution >= 0.6 is 15.9 Å². The first-order valence-corrected chi connectivity index (χ1v) is 12.8. The molecule has 0 atom stereocenters. The fraction of sp³-hybridized carbons (Fsp3) is 0.0625. The van der Waals surface area contributed by atoms with Crippen molar-refractivity contribution >= 4 is 54.8 Å². The van der Waals surface area contributed by atoms with Crippen molar-refractivity contribution in [1.29, 1.82) is 0 Å². The molecule has 4 nitrogen and oxygen atoms in total. The summed E-state index contributed by atoms with van der Waals surface area (Å²) < 4.78 is 1.02. The average Bonchev–Trinajstić information content (AvgIpc) is 2.98. The molecule has 2 heterocycles. The maximum absolute atomic E-state index is 4.49. The second-order valence-corrected chi connectivity index (χ2v) is 9.16. The van der Waals surface area contributed by atoms with E-state index in [0.29, 0.717) is 0 Å². The zero-order valence-electron chi connectivity index (χ0n) is 20.9. The van der Waals surface area contributed by atoms with Crippen LogP contribution in [0.2, 0.25) is 0 Å². The van der Waals surface area contributed by atoms with Gasteiger partial charge in [0.2, 0.25) is 0 Å². The van der Waals surface area contributed by atoms with Crippen LogP contribution in [0.15, 0.2) is 138 Å². The van der Waals surface area contributed by atoms with Crippen LogP contribution in [0.1, 0.15) is 0 Å². The number of nitrogens with one attached hydrogen (secondary N) is 1. The van der Waals surface area contributed by atoms with Crippen LogP contribution in [0.25, 0.3) is 21.8 Å². The van der Waals surface area contributed by atoms with Crippen LogP contribution in [0, 0.1) is 0 Å². The van der Waals surface area contributed by atoms with Crippen molar-refractivity contribution in [3.63, 3.8) is 0 Å². The van der Waals surface area contributed by atoms with Crippen LogP contribution in [0.5, 0.6) is 0 Å². The van der Waals surface area contributed by atoms with Crippen molar-refractivity contribution in [2.45, 2.75) is 0 Å². The maximum Gasteiger partial charge on any atom is 0.0703 e. The van der Waals surface area contributed by atoms with Gasteiger partial charge in [-0.2, -0.15) is 0 Å². The summed E-state index contributed by atoms with van der Waals surface area (Å²) in [5.41, 5.74) is 5.49. The first-order chi connectivity index (χ1) is 18.1. The Morgan fingerprint density at radius 1 is 0.595 bits per heavy atom. The molecule has 0 aliphatic carbocycles. The fourth-order valence-electron chi connectivity index (χ4n) is 3.69. The van der Waals surface area contributed by atoms with Gasteiger partial charge in [0.1, 0.15) is 0 Å². The van der Waals surface area contributed by atoms with Gasteiger partial charge in [0.15, 0.2) is 0 Å². The highest BCUT2D eigenvalue weighted by atomic mass is 79.9. The lowest BCUT2D eigenvalue weighted by Crippen LogP contribution is -2.09. The van der Waals surface area contributed by atoms with Crippen LogP contribution < -0.4 is 10.2 Å². The van der Waals surface area contributed by atoms with Gasteiger partial charge in [0.25, 0.3) is 0 Å². The molecule has 0 fully saturated rings. The quantitative estimate of drug-likeness (QED) is 0.240. The van der Waals surface area contributed by atoms with E-state index in [9.17, 15) is 0 Å². The molecule has 4 aromatic carbocycles. The number of fused-ring (bicyclic) bond motifs is 2. The Balaban J connectivity index is 0.000000143. The molecule has 0 spiro atoms. The predicted molar refractivity (Wildman–Crippen MR) is 162 cm³/mol. The summed E-state index contributed by atoms with van der Waals surface area (Å²) in [4.78, 5) is 10.9. The molecule has 0 unspecified atom stereocenters. The van der Waals surface area contributed by atoms with Gasteiger partial charge in [0, 0.05) is 46.9 Å². The summed E-state index contributed by atoms with van der Waals surface area (Å²) in [7, 11) is 3.97. The van der Waals surface area contributed by atoms with E-state index in [1.54, 1.807) is 0 Å². The first kappa shape index (κ1) is 25.9. The SMILES string of the molecule is Brc1cnc2ccccc2c1.CN(c1ccccc1)c1cnc2ccccc2c1.CNc1ccccc1. The third-order valence-corrected chi connectivity index (χ3v) is 6.16. The summed E-state index contributed by atoms with van der Waals surface area (Å²) >= 11 is 3.37. The van der Waals surface area contributed by atoms with E-state index in [1.807, 2.05) is 110 Å². The van der Waals surface area contributed by atoms with E-state index in [-0.39, 0.29) is 0 Å². The van der Waals surface area contributed by atoms with Gasteiger partial charge in [-0.1, -0.05) is 72.8 Å². The molecule has 0 saturated carbocycles. The van der Waals surface area contributed by atoms with Crippen LogP contribution in [-0.4, -0.2) is 24.1 Å². The summed E-state index contributed by atoms with van der Waals surface area (Å²) in [6, 6.07) is 40.8. The Labute approximate surface area is 226 Å². The van der Waals surface area contributed by atoms with Gasteiger partial charge in [-0.3, -0.25) is 9.97 Å². The molecule has 5 heteroatoms. The standard InChI is InChI=1S/C16H14N2.C9H6BrN.C7H9N/c1-18(14-8-3-2-4-9-14)15-11-13-7-5-6-10-16(13)17-12-15;10-8-5-7-3-1-2-4-9(7)11-6-8;1-8-7-5-3-2-4-6-7/h2-12H,1H3;1-6H;2-6,8H,1H3. The highest BCUT2D eigenvalue weighted by Crippen LogP contribution is 2.25. The van der Waals surface area contributed by atoms with Crippen molar-refractivity contribution in [3.8, 4) is 0 Å². The molecule has 0 aliphatic rings. The Kier molecular flexibility index (Phi) is 9.22. The van der Waals surface area contributed by atoms with E-state index in [2.05, 4.69) is 73.5 Å². The maximum atomic E-state index is 4.49. The molecule has 1 N–H and O–H groups in total. The number of anilines is 3. The molecule has 0 bridgehead atoms. The van der Waals surface area contributed by atoms with Crippen LogP contribution in [0.3, 0.4) is 0 Å². The zero-order chi connectivity index (χ0) is 25.9. The van der Waals surface area contributed by atoms with Crippen molar-refractivity contribution < 1.29 is 0 Å². The molecular formula is C32H29BrN4. The smallest absolute Gasteiger partial charge is 0.0703 e. The Bertz CT molecular complexity index is 1540. The third-order valence-electron chi connectivity index (χ3n) is 5.73. The summed E-state index contributed by atoms with van der Waals surface area (Å²) in [6.45, 7) is 0. The molecule has 0 aliphatic heterocycles. The Morgan fingerprint density at radius 3 is 1.70 bits per heavy atom. The number of para-hydroxylation sites is 4. The lowest BCUT2D eigenvalue weighted by molar-refractivity contribution is 1.19. The van der Waals surface area contributed by atoms with Crippen molar-refractivity contribution in [2.75, 3.05) is 24.3 Å². The van der Waals surface area contributed by atoms with Gasteiger partial charge in [-0.15, -0.1) is 0 Å². The van der Waals surface area contributed by atoms with Crippen LogP contribution in [0.4, 0.5) is 17.1 Å². The number of pyridine rings is 2. The van der Waals surface area contributed by atoms with Gasteiger partial charge < -0.3 is 10.2 Å². The number of benzene rings is 4. The van der Waals surface area contributed by atoms with Crippen molar-refractivity contribution in [3.05, 3.63) is 138 Å². The molecule has 2 aromatic heterocycles. The molecule has 0 saturated heterocycles. The van der Waals surface area contributed by atoms with E-state index >= 15 is 0 Å². The number of rotatable bonds is 3. The number of aromatic nitrogens is 2. The summed E-state index contributed by atoms with van der Waals surface area (Å²) in [5.74, 6) is 0. The van der Waals surface area contributed by atoms with E-state index < -0.39 is 0 Å². The van der Waals surface area contributed by atoms with Gasteiger partial charge >= 0.3 is 0 Å². The minimum Gasteiger partial charge on any atom is -0.388 e. The minimum absolute atomic E-state index is 1.02. The fourth-order valence-corrected chi connectivity index (χ4v) is 4.04. The van der Waals surface area contributed by atoms with Crippen molar-refractivity contribution in [1.82, 2.24) is 9.97 Å². The van der Waals surface area contributed by atoms with Gasteiger partial charge in [-0.25, -0.2) is 0 Å². The molecular weight excluding hydrogens is 520 g/mol. The van der Waals surface area contributed by atoms with Gasteiger partial charge in [-0.05, 0) is 64.5 Å². The first-order valence-electron chi connectivity index (χ1n) is 12.0. The zero-order valence-corrected chi connectivity index (χ0v) is 22.5. The highest BCUT2D eigenvalue weighted by Gasteiger charge is 2.04. The van der Waals surface area contributed by atoms with E-state index in [1.165, 1.54) is 5.39 Å².